The number of carboxylic acids is 1. The molecule has 5 nitrogen and oxygen atoms in total. The van der Waals surface area contributed by atoms with E-state index in [1.54, 1.807) is 12.1 Å². The van der Waals surface area contributed by atoms with E-state index >= 15 is 0 Å². The number of aromatic nitrogens is 1. The number of aromatic carboxylic acids is 1. The van der Waals surface area contributed by atoms with E-state index in [4.69, 9.17) is 26.7 Å². The van der Waals surface area contributed by atoms with Crippen molar-refractivity contribution in [3.63, 3.8) is 0 Å². The largest absolute Gasteiger partial charge is 0.478 e. The van der Waals surface area contributed by atoms with Crippen LogP contribution >= 0.6 is 11.6 Å². The molecule has 0 atom stereocenters. The Morgan fingerprint density at radius 2 is 2.21 bits per heavy atom. The third-order valence-corrected chi connectivity index (χ3v) is 2.60. The van der Waals surface area contributed by atoms with E-state index in [0.29, 0.717) is 0 Å². The van der Waals surface area contributed by atoms with Crippen molar-refractivity contribution in [1.29, 1.82) is 5.26 Å². The minimum Gasteiger partial charge on any atom is -0.478 e. The van der Waals surface area contributed by atoms with Crippen LogP contribution in [0.3, 0.4) is 0 Å². The Morgan fingerprint density at radius 1 is 1.42 bits per heavy atom. The number of rotatable bonds is 3. The van der Waals surface area contributed by atoms with Crippen LogP contribution in [0.2, 0.25) is 5.02 Å². The van der Waals surface area contributed by atoms with Gasteiger partial charge in [-0.05, 0) is 30.3 Å². The second-order valence-electron chi connectivity index (χ2n) is 3.51. The fourth-order valence-corrected chi connectivity index (χ4v) is 1.61. The SMILES string of the molecule is N#Cc1ncccc1Oc1ccc(Cl)c(C(=O)O)c1. The van der Waals surface area contributed by atoms with Crippen LogP contribution in [0.15, 0.2) is 36.5 Å². The van der Waals surface area contributed by atoms with Gasteiger partial charge in [0, 0.05) is 6.20 Å². The fraction of sp³-hybridized carbons (Fsp3) is 0. The predicted octanol–water partition coefficient (Wildman–Crippen LogP) is 3.10. The normalized spacial score (nSPS) is 9.68. The molecule has 0 saturated heterocycles. The lowest BCUT2D eigenvalue weighted by Crippen LogP contribution is -1.98. The molecule has 0 saturated carbocycles. The van der Waals surface area contributed by atoms with E-state index in [9.17, 15) is 4.79 Å². The highest BCUT2D eigenvalue weighted by Crippen LogP contribution is 2.27. The maximum atomic E-state index is 10.9. The molecule has 0 aliphatic heterocycles. The molecular formula is C13H7ClN2O3. The van der Waals surface area contributed by atoms with Gasteiger partial charge in [0.15, 0.2) is 11.4 Å². The number of nitriles is 1. The van der Waals surface area contributed by atoms with E-state index in [2.05, 4.69) is 4.98 Å². The summed E-state index contributed by atoms with van der Waals surface area (Å²) in [6.45, 7) is 0. The number of hydrogen-bond donors (Lipinski definition) is 1. The molecule has 94 valence electrons. The molecule has 0 radical (unpaired) electrons. The number of pyridine rings is 1. The minimum atomic E-state index is -1.15. The number of carbonyl (C=O) groups is 1. The molecule has 2 aromatic rings. The van der Waals surface area contributed by atoms with Crippen molar-refractivity contribution in [2.24, 2.45) is 0 Å². The second-order valence-corrected chi connectivity index (χ2v) is 3.92. The zero-order chi connectivity index (χ0) is 13.8. The van der Waals surface area contributed by atoms with Gasteiger partial charge in [0.1, 0.15) is 11.8 Å². The van der Waals surface area contributed by atoms with Crippen LogP contribution in [0.1, 0.15) is 16.1 Å². The van der Waals surface area contributed by atoms with Gasteiger partial charge in [-0.15, -0.1) is 0 Å². The fourth-order valence-electron chi connectivity index (χ4n) is 1.42. The smallest absolute Gasteiger partial charge is 0.337 e. The molecule has 1 N–H and O–H groups in total. The Labute approximate surface area is 113 Å². The van der Waals surface area contributed by atoms with Gasteiger partial charge in [-0.1, -0.05) is 11.6 Å². The summed E-state index contributed by atoms with van der Waals surface area (Å²) in [5.74, 6) is -0.628. The Bertz CT molecular complexity index is 680. The Kier molecular flexibility index (Phi) is 3.64. The molecule has 6 heteroatoms. The van der Waals surface area contributed by atoms with Crippen LogP contribution in [-0.4, -0.2) is 16.1 Å². The van der Waals surface area contributed by atoms with Crippen LogP contribution in [0.5, 0.6) is 11.5 Å². The number of hydrogen-bond acceptors (Lipinski definition) is 4. The zero-order valence-corrected chi connectivity index (χ0v) is 10.3. The highest BCUT2D eigenvalue weighted by molar-refractivity contribution is 6.33. The van der Waals surface area contributed by atoms with E-state index in [0.717, 1.165) is 0 Å². The monoisotopic (exact) mass is 274 g/mol. The van der Waals surface area contributed by atoms with Crippen molar-refractivity contribution < 1.29 is 14.6 Å². The summed E-state index contributed by atoms with van der Waals surface area (Å²) < 4.78 is 5.44. The van der Waals surface area contributed by atoms with Gasteiger partial charge in [-0.2, -0.15) is 5.26 Å². The number of nitrogens with zero attached hydrogens (tertiary/aromatic N) is 2. The van der Waals surface area contributed by atoms with Crippen LogP contribution in [0.4, 0.5) is 0 Å². The van der Waals surface area contributed by atoms with Crippen molar-refractivity contribution in [3.05, 3.63) is 52.8 Å². The van der Waals surface area contributed by atoms with Crippen molar-refractivity contribution in [1.82, 2.24) is 4.98 Å². The topological polar surface area (TPSA) is 83.2 Å². The van der Waals surface area contributed by atoms with Crippen molar-refractivity contribution in [3.8, 4) is 17.6 Å². The van der Waals surface area contributed by atoms with Gasteiger partial charge < -0.3 is 9.84 Å². The average Bonchev–Trinajstić information content (AvgIpc) is 2.41. The standard InChI is InChI=1S/C13H7ClN2O3/c14-10-4-3-8(6-9(10)13(17)18)19-12-2-1-5-16-11(12)7-15/h1-6H,(H,17,18). The second kappa shape index (κ2) is 5.38. The Balaban J connectivity index is 2.37. The lowest BCUT2D eigenvalue weighted by Gasteiger charge is -2.07. The minimum absolute atomic E-state index is 0.0680. The molecule has 0 spiro atoms. The van der Waals surface area contributed by atoms with Crippen LogP contribution in [0.25, 0.3) is 0 Å². The molecular weight excluding hydrogens is 268 g/mol. The highest BCUT2D eigenvalue weighted by Gasteiger charge is 2.11. The van der Waals surface area contributed by atoms with Gasteiger partial charge in [0.05, 0.1) is 10.6 Å². The summed E-state index contributed by atoms with van der Waals surface area (Å²) in [5.41, 5.74) is 0.0517. The molecule has 0 aliphatic carbocycles. The van der Waals surface area contributed by atoms with E-state index in [-0.39, 0.29) is 27.8 Å². The molecule has 0 fully saturated rings. The molecule has 0 unspecified atom stereocenters. The Morgan fingerprint density at radius 3 is 2.89 bits per heavy atom. The summed E-state index contributed by atoms with van der Waals surface area (Å²) >= 11 is 5.75. The van der Waals surface area contributed by atoms with Gasteiger partial charge in [0.2, 0.25) is 0 Å². The molecule has 1 aromatic carbocycles. The Hall–Kier alpha value is -2.58. The third-order valence-electron chi connectivity index (χ3n) is 2.27. The van der Waals surface area contributed by atoms with Crippen LogP contribution in [-0.2, 0) is 0 Å². The van der Waals surface area contributed by atoms with Crippen molar-refractivity contribution >= 4 is 17.6 Å². The molecule has 19 heavy (non-hydrogen) atoms. The van der Waals surface area contributed by atoms with E-state index in [1.807, 2.05) is 6.07 Å². The van der Waals surface area contributed by atoms with Gasteiger partial charge in [-0.3, -0.25) is 0 Å². The molecule has 0 amide bonds. The highest BCUT2D eigenvalue weighted by atomic mass is 35.5. The molecule has 0 bridgehead atoms. The van der Waals surface area contributed by atoms with E-state index in [1.165, 1.54) is 24.4 Å². The average molecular weight is 275 g/mol. The molecule has 1 aromatic heterocycles. The lowest BCUT2D eigenvalue weighted by atomic mass is 10.2. The van der Waals surface area contributed by atoms with Crippen molar-refractivity contribution in [2.45, 2.75) is 0 Å². The summed E-state index contributed by atoms with van der Waals surface area (Å²) in [4.78, 5) is 14.8. The summed E-state index contributed by atoms with van der Waals surface area (Å²) in [7, 11) is 0. The summed E-state index contributed by atoms with van der Waals surface area (Å²) in [6, 6.07) is 9.30. The first-order chi connectivity index (χ1) is 9.11. The van der Waals surface area contributed by atoms with Crippen LogP contribution < -0.4 is 4.74 Å². The van der Waals surface area contributed by atoms with Gasteiger partial charge in [0.25, 0.3) is 0 Å². The quantitative estimate of drug-likeness (QED) is 0.930. The summed E-state index contributed by atoms with van der Waals surface area (Å²) in [6.07, 6.45) is 1.47. The molecule has 2 rings (SSSR count). The van der Waals surface area contributed by atoms with Crippen molar-refractivity contribution in [2.75, 3.05) is 0 Å². The number of carboxylic acid groups (broad SMARTS) is 1. The first kappa shape index (κ1) is 12.9. The number of ether oxygens (including phenoxy) is 1. The van der Waals surface area contributed by atoms with Gasteiger partial charge >= 0.3 is 5.97 Å². The van der Waals surface area contributed by atoms with Crippen LogP contribution in [0, 0.1) is 11.3 Å². The predicted molar refractivity (Wildman–Crippen MR) is 67.4 cm³/mol. The van der Waals surface area contributed by atoms with Gasteiger partial charge in [-0.25, -0.2) is 9.78 Å². The third kappa shape index (κ3) is 2.81. The maximum Gasteiger partial charge on any atom is 0.337 e. The molecule has 0 aliphatic rings. The lowest BCUT2D eigenvalue weighted by molar-refractivity contribution is 0.0696. The number of benzene rings is 1. The molecule has 1 heterocycles. The van der Waals surface area contributed by atoms with E-state index < -0.39 is 5.97 Å². The first-order valence-corrected chi connectivity index (χ1v) is 5.55. The number of halogens is 1. The first-order valence-electron chi connectivity index (χ1n) is 5.17. The summed E-state index contributed by atoms with van der Waals surface area (Å²) in [5, 5.41) is 17.9. The maximum absolute atomic E-state index is 10.9. The zero-order valence-electron chi connectivity index (χ0n) is 9.50.